The van der Waals surface area contributed by atoms with E-state index in [0.29, 0.717) is 6.54 Å². The normalized spacial score (nSPS) is 12.2. The Bertz CT molecular complexity index is 427. The molecule has 0 bridgehead atoms. The highest BCUT2D eigenvalue weighted by Gasteiger charge is 2.22. The van der Waals surface area contributed by atoms with Crippen LogP contribution < -0.4 is 5.32 Å². The van der Waals surface area contributed by atoms with E-state index in [-0.39, 0.29) is 10.8 Å². The zero-order chi connectivity index (χ0) is 13.8. The molecular formula is C15H21BrN2. The molecule has 0 saturated carbocycles. The van der Waals surface area contributed by atoms with Crippen LogP contribution >= 0.6 is 15.9 Å². The molecule has 0 aliphatic heterocycles. The molecule has 1 rings (SSSR count). The largest absolute Gasteiger partial charge is 0.314 e. The molecule has 98 valence electrons. The average molecular weight is 309 g/mol. The third-order valence-electron chi connectivity index (χ3n) is 3.06. The second-order valence-electron chi connectivity index (χ2n) is 5.99. The molecule has 0 aliphatic carbocycles. The molecule has 1 aromatic rings. The lowest BCUT2D eigenvalue weighted by Crippen LogP contribution is -2.37. The van der Waals surface area contributed by atoms with Gasteiger partial charge in [0.05, 0.1) is 11.5 Å². The number of halogens is 1. The summed E-state index contributed by atoms with van der Waals surface area (Å²) in [5, 5.41) is 12.4. The Kier molecular flexibility index (Phi) is 4.95. The fourth-order valence-corrected chi connectivity index (χ4v) is 1.99. The molecule has 0 spiro atoms. The maximum absolute atomic E-state index is 8.98. The van der Waals surface area contributed by atoms with Gasteiger partial charge in [-0.25, -0.2) is 0 Å². The second kappa shape index (κ2) is 5.86. The van der Waals surface area contributed by atoms with Crippen molar-refractivity contribution in [2.24, 2.45) is 5.41 Å². The van der Waals surface area contributed by atoms with Crippen LogP contribution in [0.4, 0.5) is 0 Å². The van der Waals surface area contributed by atoms with Crippen molar-refractivity contribution in [3.8, 4) is 6.07 Å². The van der Waals surface area contributed by atoms with E-state index in [4.69, 9.17) is 5.26 Å². The minimum absolute atomic E-state index is 0.0617. The Morgan fingerprint density at radius 3 is 2.17 bits per heavy atom. The van der Waals surface area contributed by atoms with Crippen molar-refractivity contribution in [1.82, 2.24) is 5.32 Å². The summed E-state index contributed by atoms with van der Waals surface area (Å²) >= 11 is 3.45. The summed E-state index contributed by atoms with van der Waals surface area (Å²) in [6, 6.07) is 10.7. The number of hydrogen-bond acceptors (Lipinski definition) is 2. The summed E-state index contributed by atoms with van der Waals surface area (Å²) in [4.78, 5) is 0. The van der Waals surface area contributed by atoms with E-state index in [1.54, 1.807) is 0 Å². The van der Waals surface area contributed by atoms with Gasteiger partial charge in [-0.3, -0.25) is 0 Å². The Labute approximate surface area is 119 Å². The van der Waals surface area contributed by atoms with Gasteiger partial charge in [0.15, 0.2) is 0 Å². The number of benzene rings is 1. The van der Waals surface area contributed by atoms with Crippen LogP contribution in [0.25, 0.3) is 0 Å². The Hall–Kier alpha value is -0.850. The second-order valence-corrected chi connectivity index (χ2v) is 6.91. The lowest BCUT2D eigenvalue weighted by Gasteiger charge is -2.27. The molecule has 0 atom stereocenters. The smallest absolute Gasteiger partial charge is 0.0697 e. The van der Waals surface area contributed by atoms with E-state index in [9.17, 15) is 0 Å². The Morgan fingerprint density at radius 2 is 1.67 bits per heavy atom. The highest BCUT2D eigenvalue weighted by atomic mass is 79.9. The summed E-state index contributed by atoms with van der Waals surface area (Å²) in [5.41, 5.74) is 1.05. The molecule has 18 heavy (non-hydrogen) atoms. The van der Waals surface area contributed by atoms with Crippen LogP contribution in [-0.4, -0.2) is 13.1 Å². The van der Waals surface area contributed by atoms with Gasteiger partial charge in [0, 0.05) is 23.0 Å². The Balaban J connectivity index is 2.60. The van der Waals surface area contributed by atoms with Gasteiger partial charge in [-0.2, -0.15) is 5.26 Å². The van der Waals surface area contributed by atoms with Gasteiger partial charge in [0.25, 0.3) is 0 Å². The van der Waals surface area contributed by atoms with Gasteiger partial charge in [-0.1, -0.05) is 41.9 Å². The summed E-state index contributed by atoms with van der Waals surface area (Å²) in [5.74, 6) is 0. The van der Waals surface area contributed by atoms with E-state index in [1.807, 2.05) is 13.8 Å². The van der Waals surface area contributed by atoms with Gasteiger partial charge >= 0.3 is 0 Å². The highest BCUT2D eigenvalue weighted by molar-refractivity contribution is 9.10. The van der Waals surface area contributed by atoms with Crippen LogP contribution in [0.1, 0.15) is 33.3 Å². The number of nitrogens with one attached hydrogen (secondary N) is 1. The quantitative estimate of drug-likeness (QED) is 0.896. The fourth-order valence-electron chi connectivity index (χ4n) is 1.73. The van der Waals surface area contributed by atoms with Crippen LogP contribution in [0.15, 0.2) is 28.7 Å². The number of hydrogen-bond donors (Lipinski definition) is 1. The number of nitrogens with zero attached hydrogens (tertiary/aromatic N) is 1. The maximum atomic E-state index is 8.98. The summed E-state index contributed by atoms with van der Waals surface area (Å²) < 4.78 is 1.10. The van der Waals surface area contributed by atoms with Crippen molar-refractivity contribution in [2.45, 2.75) is 33.1 Å². The molecule has 1 N–H and O–H groups in total. The van der Waals surface area contributed by atoms with Crippen molar-refractivity contribution in [2.75, 3.05) is 13.1 Å². The molecule has 0 aliphatic rings. The summed E-state index contributed by atoms with van der Waals surface area (Å²) in [7, 11) is 0. The monoisotopic (exact) mass is 308 g/mol. The molecule has 0 fully saturated rings. The lowest BCUT2D eigenvalue weighted by atomic mass is 9.84. The zero-order valence-corrected chi connectivity index (χ0v) is 13.1. The van der Waals surface area contributed by atoms with Crippen molar-refractivity contribution in [3.05, 3.63) is 34.3 Å². The summed E-state index contributed by atoms with van der Waals surface area (Å²) in [6.45, 7) is 9.90. The van der Waals surface area contributed by atoms with Gasteiger partial charge in [0.1, 0.15) is 0 Å². The van der Waals surface area contributed by atoms with Gasteiger partial charge < -0.3 is 5.32 Å². The highest BCUT2D eigenvalue weighted by Crippen LogP contribution is 2.24. The first-order chi connectivity index (χ1) is 8.27. The van der Waals surface area contributed by atoms with Gasteiger partial charge in [-0.15, -0.1) is 0 Å². The van der Waals surface area contributed by atoms with E-state index in [1.165, 1.54) is 5.56 Å². The minimum atomic E-state index is -0.310. The third kappa shape index (κ3) is 4.44. The molecule has 0 heterocycles. The fraction of sp³-hybridized carbons (Fsp3) is 0.533. The SMILES string of the molecule is CC(C)(C#N)CNCC(C)(C)c1ccc(Br)cc1. The van der Waals surface area contributed by atoms with Gasteiger partial charge in [-0.05, 0) is 31.5 Å². The predicted molar refractivity (Wildman–Crippen MR) is 79.4 cm³/mol. The van der Waals surface area contributed by atoms with Crippen LogP contribution in [-0.2, 0) is 5.41 Å². The van der Waals surface area contributed by atoms with Crippen molar-refractivity contribution in [3.63, 3.8) is 0 Å². The molecule has 3 heteroatoms. The molecular weight excluding hydrogens is 288 g/mol. The molecule has 0 amide bonds. The third-order valence-corrected chi connectivity index (χ3v) is 3.59. The minimum Gasteiger partial charge on any atom is -0.314 e. The molecule has 0 aromatic heterocycles. The Morgan fingerprint density at radius 1 is 1.11 bits per heavy atom. The first-order valence-corrected chi connectivity index (χ1v) is 6.94. The van der Waals surface area contributed by atoms with Crippen LogP contribution in [0.5, 0.6) is 0 Å². The van der Waals surface area contributed by atoms with E-state index in [2.05, 4.69) is 65.4 Å². The van der Waals surface area contributed by atoms with Crippen LogP contribution in [0.3, 0.4) is 0 Å². The topological polar surface area (TPSA) is 35.8 Å². The molecule has 2 nitrogen and oxygen atoms in total. The number of nitriles is 1. The van der Waals surface area contributed by atoms with Crippen molar-refractivity contribution in [1.29, 1.82) is 5.26 Å². The predicted octanol–water partition coefficient (Wildman–Crippen LogP) is 3.87. The van der Waals surface area contributed by atoms with Crippen molar-refractivity contribution >= 4 is 15.9 Å². The standard InChI is InChI=1S/C15H21BrN2/c1-14(2,9-17)10-18-11-15(3,4)12-5-7-13(16)8-6-12/h5-8,18H,10-11H2,1-4H3. The first-order valence-electron chi connectivity index (χ1n) is 6.15. The van der Waals surface area contributed by atoms with Gasteiger partial charge in [0.2, 0.25) is 0 Å². The molecule has 0 radical (unpaired) electrons. The van der Waals surface area contributed by atoms with E-state index in [0.717, 1.165) is 11.0 Å². The zero-order valence-electron chi connectivity index (χ0n) is 11.5. The maximum Gasteiger partial charge on any atom is 0.0697 e. The van der Waals surface area contributed by atoms with E-state index >= 15 is 0 Å². The summed E-state index contributed by atoms with van der Waals surface area (Å²) in [6.07, 6.45) is 0. The number of rotatable bonds is 5. The lowest BCUT2D eigenvalue weighted by molar-refractivity contribution is 0.397. The molecule has 1 aromatic carbocycles. The van der Waals surface area contributed by atoms with Crippen molar-refractivity contribution < 1.29 is 0 Å². The first kappa shape index (κ1) is 15.2. The van der Waals surface area contributed by atoms with Crippen LogP contribution in [0, 0.1) is 16.7 Å². The molecule has 0 unspecified atom stereocenters. The van der Waals surface area contributed by atoms with Crippen LogP contribution in [0.2, 0.25) is 0 Å². The molecule has 0 saturated heterocycles. The average Bonchev–Trinajstić information content (AvgIpc) is 2.29. The van der Waals surface area contributed by atoms with E-state index < -0.39 is 0 Å².